The molecule has 26 heavy (non-hydrogen) atoms. The largest absolute Gasteiger partial charge is 0.379 e. The molecule has 140 valence electrons. The van der Waals surface area contributed by atoms with E-state index in [-0.39, 0.29) is 12.5 Å². The molecule has 2 aliphatic heterocycles. The van der Waals surface area contributed by atoms with Crippen LogP contribution in [0.2, 0.25) is 0 Å². The minimum atomic E-state index is -1.37. The summed E-state index contributed by atoms with van der Waals surface area (Å²) in [5.41, 5.74) is -0.755. The molecule has 1 N–H and O–H groups in total. The van der Waals surface area contributed by atoms with E-state index in [1.807, 2.05) is 13.0 Å². The summed E-state index contributed by atoms with van der Waals surface area (Å²) >= 11 is 0. The summed E-state index contributed by atoms with van der Waals surface area (Å²) in [6, 6.07) is 7.98. The fourth-order valence-corrected chi connectivity index (χ4v) is 3.79. The molecule has 0 spiro atoms. The van der Waals surface area contributed by atoms with E-state index < -0.39 is 23.3 Å². The second-order valence-corrected chi connectivity index (χ2v) is 6.82. The first-order valence-electron chi connectivity index (χ1n) is 9.05. The zero-order valence-electron chi connectivity index (χ0n) is 15.2. The molecule has 2 fully saturated rings. The number of carbonyl (C=O) groups is 3. The molecular formula is C19H25N3O4. The number of benzene rings is 1. The molecule has 0 bridgehead atoms. The number of carbonyl (C=O) groups excluding carboxylic acids is 3. The lowest BCUT2D eigenvalue weighted by Crippen LogP contribution is -2.68. The Morgan fingerprint density at radius 3 is 2.42 bits per heavy atom. The molecule has 2 heterocycles. The van der Waals surface area contributed by atoms with Gasteiger partial charge in [-0.05, 0) is 18.9 Å². The zero-order valence-corrected chi connectivity index (χ0v) is 15.2. The third-order valence-corrected chi connectivity index (χ3v) is 5.27. The van der Waals surface area contributed by atoms with Crippen LogP contribution in [0.1, 0.15) is 25.8 Å². The predicted octanol–water partition coefficient (Wildman–Crippen LogP) is 1.13. The Balaban J connectivity index is 1.89. The standard InChI is InChI=1S/C19H25N3O4/c1-3-19(15-7-5-4-6-8-15)16(23)20-18(25)22(17(19)24)14(2)13-21-9-11-26-12-10-21/h4-8,14H,3,9-13H2,1-2H3,(H,20,23,25). The fraction of sp³-hybridized carbons (Fsp3) is 0.526. The van der Waals surface area contributed by atoms with Gasteiger partial charge in [0.25, 0.3) is 5.91 Å². The van der Waals surface area contributed by atoms with Crippen LogP contribution in [-0.2, 0) is 19.7 Å². The van der Waals surface area contributed by atoms with Gasteiger partial charge in [0.05, 0.1) is 19.3 Å². The number of barbiturate groups is 1. The summed E-state index contributed by atoms with van der Waals surface area (Å²) in [7, 11) is 0. The van der Waals surface area contributed by atoms with Crippen LogP contribution in [0.3, 0.4) is 0 Å². The minimum absolute atomic E-state index is 0.287. The van der Waals surface area contributed by atoms with Gasteiger partial charge >= 0.3 is 6.03 Å². The smallest absolute Gasteiger partial charge is 0.331 e. The molecule has 0 saturated carbocycles. The number of nitrogens with one attached hydrogen (secondary N) is 1. The number of rotatable bonds is 5. The van der Waals surface area contributed by atoms with Crippen molar-refractivity contribution in [1.82, 2.24) is 15.1 Å². The van der Waals surface area contributed by atoms with E-state index in [1.54, 1.807) is 31.2 Å². The topological polar surface area (TPSA) is 79.0 Å². The van der Waals surface area contributed by atoms with Gasteiger partial charge in [-0.15, -0.1) is 0 Å². The van der Waals surface area contributed by atoms with Gasteiger partial charge < -0.3 is 4.74 Å². The predicted molar refractivity (Wildman–Crippen MR) is 95.5 cm³/mol. The van der Waals surface area contributed by atoms with Crippen LogP contribution >= 0.6 is 0 Å². The van der Waals surface area contributed by atoms with Gasteiger partial charge in [-0.25, -0.2) is 4.79 Å². The molecule has 3 rings (SSSR count). The molecule has 1 aromatic rings. The van der Waals surface area contributed by atoms with Crippen molar-refractivity contribution in [2.45, 2.75) is 31.7 Å². The van der Waals surface area contributed by atoms with Crippen LogP contribution in [0, 0.1) is 0 Å². The number of morpholine rings is 1. The first-order chi connectivity index (χ1) is 12.5. The van der Waals surface area contributed by atoms with Crippen molar-refractivity contribution in [3.8, 4) is 0 Å². The third kappa shape index (κ3) is 3.12. The summed E-state index contributed by atoms with van der Waals surface area (Å²) in [6.45, 7) is 7.03. The third-order valence-electron chi connectivity index (χ3n) is 5.27. The lowest BCUT2D eigenvalue weighted by Gasteiger charge is -2.42. The Morgan fingerprint density at radius 1 is 1.15 bits per heavy atom. The van der Waals surface area contributed by atoms with E-state index in [9.17, 15) is 14.4 Å². The van der Waals surface area contributed by atoms with Crippen molar-refractivity contribution in [2.75, 3.05) is 32.8 Å². The summed E-state index contributed by atoms with van der Waals surface area (Å²) in [4.78, 5) is 42.0. The normalized spacial score (nSPS) is 25.9. The average molecular weight is 359 g/mol. The molecule has 7 nitrogen and oxygen atoms in total. The molecule has 2 atom stereocenters. The van der Waals surface area contributed by atoms with Gasteiger partial charge in [0, 0.05) is 19.6 Å². The van der Waals surface area contributed by atoms with Crippen molar-refractivity contribution in [1.29, 1.82) is 0 Å². The SMILES string of the molecule is CCC1(c2ccccc2)C(=O)NC(=O)N(C(C)CN2CCOCC2)C1=O. The first-order valence-corrected chi connectivity index (χ1v) is 9.05. The van der Waals surface area contributed by atoms with E-state index in [0.29, 0.717) is 25.3 Å². The number of nitrogens with zero attached hydrogens (tertiary/aromatic N) is 2. The van der Waals surface area contributed by atoms with Crippen LogP contribution in [0.15, 0.2) is 30.3 Å². The van der Waals surface area contributed by atoms with Crippen molar-refractivity contribution in [3.63, 3.8) is 0 Å². The lowest BCUT2D eigenvalue weighted by atomic mass is 9.74. The highest BCUT2D eigenvalue weighted by Crippen LogP contribution is 2.34. The number of imide groups is 2. The summed E-state index contributed by atoms with van der Waals surface area (Å²) in [5, 5.41) is 2.40. The molecule has 4 amide bonds. The van der Waals surface area contributed by atoms with Crippen LogP contribution in [-0.4, -0.2) is 66.5 Å². The van der Waals surface area contributed by atoms with Gasteiger partial charge in [0.15, 0.2) is 5.41 Å². The number of urea groups is 1. The number of hydrogen-bond donors (Lipinski definition) is 1. The molecule has 7 heteroatoms. The Labute approximate surface area is 153 Å². The van der Waals surface area contributed by atoms with E-state index >= 15 is 0 Å². The highest BCUT2D eigenvalue weighted by Gasteiger charge is 2.54. The van der Waals surface area contributed by atoms with Crippen molar-refractivity contribution in [2.24, 2.45) is 0 Å². The van der Waals surface area contributed by atoms with Gasteiger partial charge in [-0.2, -0.15) is 0 Å². The van der Waals surface area contributed by atoms with Crippen LogP contribution in [0.25, 0.3) is 0 Å². The number of ether oxygens (including phenoxy) is 1. The molecular weight excluding hydrogens is 334 g/mol. The van der Waals surface area contributed by atoms with Crippen LogP contribution in [0.4, 0.5) is 4.79 Å². The maximum absolute atomic E-state index is 13.4. The number of hydrogen-bond acceptors (Lipinski definition) is 5. The maximum atomic E-state index is 13.4. The Kier molecular flexibility index (Phi) is 5.38. The summed E-state index contributed by atoms with van der Waals surface area (Å²) < 4.78 is 5.35. The highest BCUT2D eigenvalue weighted by molar-refractivity contribution is 6.23. The average Bonchev–Trinajstić information content (AvgIpc) is 2.64. The monoisotopic (exact) mass is 359 g/mol. The van der Waals surface area contributed by atoms with E-state index in [2.05, 4.69) is 10.2 Å². The van der Waals surface area contributed by atoms with Gasteiger partial charge in [-0.3, -0.25) is 24.7 Å². The zero-order chi connectivity index (χ0) is 18.7. The molecule has 0 radical (unpaired) electrons. The Bertz CT molecular complexity index is 687. The molecule has 2 saturated heterocycles. The highest BCUT2D eigenvalue weighted by atomic mass is 16.5. The fourth-order valence-electron chi connectivity index (χ4n) is 3.79. The van der Waals surface area contributed by atoms with E-state index in [0.717, 1.165) is 13.1 Å². The molecule has 0 aliphatic carbocycles. The number of amides is 4. The lowest BCUT2D eigenvalue weighted by molar-refractivity contribution is -0.147. The van der Waals surface area contributed by atoms with Crippen LogP contribution in [0.5, 0.6) is 0 Å². The van der Waals surface area contributed by atoms with E-state index in [1.165, 1.54) is 4.90 Å². The minimum Gasteiger partial charge on any atom is -0.379 e. The summed E-state index contributed by atoms with van der Waals surface area (Å²) in [6.07, 6.45) is 0.287. The quantitative estimate of drug-likeness (QED) is 0.798. The molecule has 2 unspecified atom stereocenters. The van der Waals surface area contributed by atoms with Gasteiger partial charge in [-0.1, -0.05) is 37.3 Å². The molecule has 1 aromatic carbocycles. The van der Waals surface area contributed by atoms with Crippen molar-refractivity contribution in [3.05, 3.63) is 35.9 Å². The second-order valence-electron chi connectivity index (χ2n) is 6.82. The Morgan fingerprint density at radius 2 is 1.81 bits per heavy atom. The Hall–Kier alpha value is -2.25. The van der Waals surface area contributed by atoms with Gasteiger partial charge in [0.1, 0.15) is 0 Å². The van der Waals surface area contributed by atoms with Crippen molar-refractivity contribution >= 4 is 17.8 Å². The summed E-state index contributed by atoms with van der Waals surface area (Å²) in [5.74, 6) is -0.989. The van der Waals surface area contributed by atoms with Gasteiger partial charge in [0.2, 0.25) is 5.91 Å². The molecule has 0 aromatic heterocycles. The second kappa shape index (κ2) is 7.55. The van der Waals surface area contributed by atoms with Crippen LogP contribution < -0.4 is 5.32 Å². The molecule has 2 aliphatic rings. The van der Waals surface area contributed by atoms with Crippen molar-refractivity contribution < 1.29 is 19.1 Å². The first kappa shape index (κ1) is 18.5. The maximum Gasteiger partial charge on any atom is 0.331 e. The van der Waals surface area contributed by atoms with E-state index in [4.69, 9.17) is 4.74 Å².